The molecule has 0 unspecified atom stereocenters. The number of allylic oxidation sites excluding steroid dienone is 1. The molecule has 0 bridgehead atoms. The van der Waals surface area contributed by atoms with Crippen LogP contribution in [-0.4, -0.2) is 29.0 Å². The van der Waals surface area contributed by atoms with Gasteiger partial charge in [0.15, 0.2) is 0 Å². The van der Waals surface area contributed by atoms with Gasteiger partial charge in [0.2, 0.25) is 5.88 Å². The van der Waals surface area contributed by atoms with Crippen molar-refractivity contribution in [3.63, 3.8) is 0 Å². The summed E-state index contributed by atoms with van der Waals surface area (Å²) < 4.78 is 5.54. The highest BCUT2D eigenvalue weighted by molar-refractivity contribution is 7.10. The molecule has 0 fully saturated rings. The third-order valence-electron chi connectivity index (χ3n) is 3.84. The van der Waals surface area contributed by atoms with Gasteiger partial charge in [0.05, 0.1) is 17.7 Å². The van der Waals surface area contributed by atoms with Gasteiger partial charge in [-0.15, -0.1) is 0 Å². The van der Waals surface area contributed by atoms with Gasteiger partial charge in [0, 0.05) is 17.4 Å². The molecule has 0 saturated heterocycles. The number of rotatable bonds is 4. The lowest BCUT2D eigenvalue weighted by atomic mass is 10.0. The van der Waals surface area contributed by atoms with Crippen LogP contribution >= 0.6 is 11.3 Å². The summed E-state index contributed by atoms with van der Waals surface area (Å²) in [4.78, 5) is 27.7. The second kappa shape index (κ2) is 6.45. The molecule has 1 aromatic carbocycles. The Morgan fingerprint density at radius 2 is 2.25 bits per heavy atom. The predicted molar refractivity (Wildman–Crippen MR) is 94.1 cm³/mol. The standard InChI is InChI=1S/C17H16N2O4S/c1-3-10-5-4-6-12-11(8-18-15(10)12)7-13-16(21)19(17(22)24-13)9-14(20)23-2/h4-8,21H,3,9H2,1-2H3/b11-7-. The van der Waals surface area contributed by atoms with E-state index in [-0.39, 0.29) is 12.4 Å². The highest BCUT2D eigenvalue weighted by atomic mass is 32.1. The molecule has 1 N–H and O–H groups in total. The molecule has 0 amide bonds. The van der Waals surface area contributed by atoms with Crippen molar-refractivity contribution in [2.45, 2.75) is 19.9 Å². The van der Waals surface area contributed by atoms with E-state index in [1.807, 2.05) is 18.2 Å². The molecular weight excluding hydrogens is 328 g/mol. The van der Waals surface area contributed by atoms with Crippen LogP contribution in [-0.2, 0) is 22.5 Å². The molecule has 1 aliphatic rings. The highest BCUT2D eigenvalue weighted by Crippen LogP contribution is 2.37. The van der Waals surface area contributed by atoms with Crippen LogP contribution in [0.25, 0.3) is 11.6 Å². The molecule has 2 heterocycles. The van der Waals surface area contributed by atoms with Gasteiger partial charge in [0.1, 0.15) is 6.54 Å². The summed E-state index contributed by atoms with van der Waals surface area (Å²) in [6.45, 7) is 1.75. The van der Waals surface area contributed by atoms with Crippen molar-refractivity contribution in [3.8, 4) is 5.88 Å². The number of carbonyl (C=O) groups excluding carboxylic acids is 1. The van der Waals surface area contributed by atoms with E-state index >= 15 is 0 Å². The summed E-state index contributed by atoms with van der Waals surface area (Å²) in [6.07, 6.45) is 4.31. The number of benzene rings is 1. The lowest BCUT2D eigenvalue weighted by Crippen LogP contribution is -2.19. The number of fused-ring (bicyclic) bond motifs is 1. The monoisotopic (exact) mass is 344 g/mol. The highest BCUT2D eigenvalue weighted by Gasteiger charge is 2.19. The number of aliphatic imine (C=N–C) groups is 1. The molecule has 24 heavy (non-hydrogen) atoms. The second-order valence-electron chi connectivity index (χ2n) is 5.24. The number of aryl methyl sites for hydroxylation is 1. The van der Waals surface area contributed by atoms with E-state index in [0.717, 1.165) is 44.7 Å². The summed E-state index contributed by atoms with van der Waals surface area (Å²) in [6, 6.07) is 5.95. The summed E-state index contributed by atoms with van der Waals surface area (Å²) in [7, 11) is 1.23. The van der Waals surface area contributed by atoms with Gasteiger partial charge in [-0.1, -0.05) is 36.5 Å². The number of hydrogen-bond acceptors (Lipinski definition) is 6. The number of esters is 1. The van der Waals surface area contributed by atoms with Crippen LogP contribution in [0, 0.1) is 0 Å². The molecule has 3 rings (SSSR count). The maximum absolute atomic E-state index is 12.0. The minimum Gasteiger partial charge on any atom is -0.493 e. The molecule has 1 aromatic heterocycles. The van der Waals surface area contributed by atoms with Gasteiger partial charge >= 0.3 is 10.8 Å². The fourth-order valence-electron chi connectivity index (χ4n) is 2.56. The quantitative estimate of drug-likeness (QED) is 0.865. The van der Waals surface area contributed by atoms with Gasteiger partial charge in [-0.2, -0.15) is 0 Å². The van der Waals surface area contributed by atoms with Crippen molar-refractivity contribution in [3.05, 3.63) is 43.9 Å². The molecule has 124 valence electrons. The third kappa shape index (κ3) is 2.78. The van der Waals surface area contributed by atoms with E-state index in [4.69, 9.17) is 0 Å². The van der Waals surface area contributed by atoms with Gasteiger partial charge in [-0.05, 0) is 18.1 Å². The van der Waals surface area contributed by atoms with Crippen LogP contribution in [0.4, 0.5) is 5.69 Å². The van der Waals surface area contributed by atoms with E-state index in [0.29, 0.717) is 4.88 Å². The Hall–Kier alpha value is -2.67. The molecule has 0 radical (unpaired) electrons. The van der Waals surface area contributed by atoms with Gasteiger partial charge in [-0.3, -0.25) is 19.1 Å². The minimum absolute atomic E-state index is 0.239. The van der Waals surface area contributed by atoms with Crippen LogP contribution in [0.3, 0.4) is 0 Å². The van der Waals surface area contributed by atoms with Crippen LogP contribution in [0.2, 0.25) is 0 Å². The van der Waals surface area contributed by atoms with Crippen LogP contribution in [0.5, 0.6) is 5.88 Å². The predicted octanol–water partition coefficient (Wildman–Crippen LogP) is 2.61. The number of hydrogen-bond donors (Lipinski definition) is 1. The van der Waals surface area contributed by atoms with E-state index < -0.39 is 10.8 Å². The molecule has 2 aromatic rings. The van der Waals surface area contributed by atoms with Crippen molar-refractivity contribution in [2.75, 3.05) is 7.11 Å². The van der Waals surface area contributed by atoms with Crippen LogP contribution < -0.4 is 4.87 Å². The summed E-state index contributed by atoms with van der Waals surface area (Å²) >= 11 is 0.876. The first-order valence-electron chi connectivity index (χ1n) is 7.42. The number of nitrogens with zero attached hydrogens (tertiary/aromatic N) is 2. The normalized spacial score (nSPS) is 14.2. The molecule has 0 aliphatic carbocycles. The Morgan fingerprint density at radius 1 is 1.46 bits per heavy atom. The molecule has 6 nitrogen and oxygen atoms in total. The molecule has 1 aliphatic heterocycles. The first kappa shape index (κ1) is 16.2. The zero-order valence-corrected chi connectivity index (χ0v) is 14.1. The zero-order valence-electron chi connectivity index (χ0n) is 13.3. The van der Waals surface area contributed by atoms with Gasteiger partial charge in [0.25, 0.3) is 0 Å². The van der Waals surface area contributed by atoms with Crippen LogP contribution in [0.15, 0.2) is 28.0 Å². The summed E-state index contributed by atoms with van der Waals surface area (Å²) in [5, 5.41) is 10.2. The van der Waals surface area contributed by atoms with Crippen molar-refractivity contribution in [1.29, 1.82) is 0 Å². The summed E-state index contributed by atoms with van der Waals surface area (Å²) in [5.41, 5.74) is 3.86. The van der Waals surface area contributed by atoms with Crippen molar-refractivity contribution < 1.29 is 14.6 Å². The van der Waals surface area contributed by atoms with Crippen molar-refractivity contribution >= 4 is 40.9 Å². The van der Waals surface area contributed by atoms with Crippen LogP contribution in [0.1, 0.15) is 22.9 Å². The van der Waals surface area contributed by atoms with Gasteiger partial charge in [-0.25, -0.2) is 0 Å². The number of para-hydroxylation sites is 1. The topological polar surface area (TPSA) is 80.9 Å². The lowest BCUT2D eigenvalue weighted by Gasteiger charge is -2.04. The van der Waals surface area contributed by atoms with E-state index in [1.54, 1.807) is 12.3 Å². The minimum atomic E-state index is -0.593. The Morgan fingerprint density at radius 3 is 2.96 bits per heavy atom. The Kier molecular flexibility index (Phi) is 4.35. The SMILES string of the molecule is CCc1cccc2c1N=C/C2=C/c1sc(=O)n(CC(=O)OC)c1O. The average Bonchev–Trinajstić information content (AvgIpc) is 3.11. The maximum atomic E-state index is 12.0. The van der Waals surface area contributed by atoms with Gasteiger partial charge < -0.3 is 9.84 Å². The smallest absolute Gasteiger partial charge is 0.325 e. The maximum Gasteiger partial charge on any atom is 0.325 e. The van der Waals surface area contributed by atoms with E-state index in [9.17, 15) is 14.7 Å². The summed E-state index contributed by atoms with van der Waals surface area (Å²) in [5.74, 6) is -0.832. The van der Waals surface area contributed by atoms with E-state index in [2.05, 4.69) is 16.7 Å². The second-order valence-corrected chi connectivity index (χ2v) is 6.24. The Bertz CT molecular complexity index is 921. The number of aromatic nitrogens is 1. The van der Waals surface area contributed by atoms with Crippen molar-refractivity contribution in [1.82, 2.24) is 4.57 Å². The third-order valence-corrected chi connectivity index (χ3v) is 4.75. The first-order valence-corrected chi connectivity index (χ1v) is 8.24. The number of methoxy groups -OCH3 is 1. The average molecular weight is 344 g/mol. The lowest BCUT2D eigenvalue weighted by molar-refractivity contribution is -0.141. The molecular formula is C17H16N2O4S. The number of aromatic hydroxyl groups is 1. The first-order chi connectivity index (χ1) is 11.5. The zero-order chi connectivity index (χ0) is 17.3. The fourth-order valence-corrected chi connectivity index (χ4v) is 3.40. The number of carbonyl (C=O) groups is 1. The molecule has 7 heteroatoms. The van der Waals surface area contributed by atoms with Crippen molar-refractivity contribution in [2.24, 2.45) is 4.99 Å². The Labute approximate surface area is 142 Å². The molecule has 0 spiro atoms. The van der Waals surface area contributed by atoms with E-state index in [1.165, 1.54) is 7.11 Å². The largest absolute Gasteiger partial charge is 0.493 e. The number of ether oxygens (including phenoxy) is 1. The number of thiazole rings is 1. The fraction of sp³-hybridized carbons (Fsp3) is 0.235. The molecule has 0 atom stereocenters. The Balaban J connectivity index is 2.01. The molecule has 0 saturated carbocycles.